The third kappa shape index (κ3) is 11.5. The maximum absolute atomic E-state index is 3.12. The first-order chi connectivity index (χ1) is 3.56. The SMILES string of the molecule is C.CNCCC(C)(C)C. The highest BCUT2D eigenvalue weighted by Crippen LogP contribution is 2.16. The second-order valence-electron chi connectivity index (χ2n) is 3.41. The van der Waals surface area contributed by atoms with Crippen LogP contribution >= 0.6 is 0 Å². The zero-order chi connectivity index (χ0) is 6.62. The lowest BCUT2D eigenvalue weighted by Gasteiger charge is -2.16. The molecule has 0 bridgehead atoms. The van der Waals surface area contributed by atoms with E-state index in [-0.39, 0.29) is 7.43 Å². The van der Waals surface area contributed by atoms with Crippen molar-refractivity contribution in [2.45, 2.75) is 34.6 Å². The fourth-order valence-corrected chi connectivity index (χ4v) is 0.500. The Labute approximate surface area is 59.8 Å². The zero-order valence-corrected chi connectivity index (χ0v) is 6.41. The third-order valence-electron chi connectivity index (χ3n) is 1.12. The summed E-state index contributed by atoms with van der Waals surface area (Å²) in [5, 5.41) is 3.12. The predicted octanol–water partition coefficient (Wildman–Crippen LogP) is 2.28. The van der Waals surface area contributed by atoms with Crippen LogP contribution in [-0.4, -0.2) is 13.6 Å². The van der Waals surface area contributed by atoms with E-state index in [1.165, 1.54) is 6.42 Å². The van der Waals surface area contributed by atoms with Gasteiger partial charge >= 0.3 is 0 Å². The van der Waals surface area contributed by atoms with Gasteiger partial charge in [0.05, 0.1) is 0 Å². The minimum atomic E-state index is 0. The van der Waals surface area contributed by atoms with Crippen LogP contribution in [0.2, 0.25) is 0 Å². The number of hydrogen-bond acceptors (Lipinski definition) is 1. The molecule has 0 aromatic heterocycles. The summed E-state index contributed by atoms with van der Waals surface area (Å²) in [4.78, 5) is 0. The van der Waals surface area contributed by atoms with Crippen molar-refractivity contribution in [3.8, 4) is 0 Å². The van der Waals surface area contributed by atoms with Crippen molar-refractivity contribution in [3.63, 3.8) is 0 Å². The highest BCUT2D eigenvalue weighted by Gasteiger charge is 2.07. The van der Waals surface area contributed by atoms with Gasteiger partial charge in [0.25, 0.3) is 0 Å². The minimum absolute atomic E-state index is 0. The minimum Gasteiger partial charge on any atom is -0.320 e. The molecule has 0 aromatic carbocycles. The summed E-state index contributed by atoms with van der Waals surface area (Å²) in [5.41, 5.74) is 0.489. The smallest absolute Gasteiger partial charge is 0.00469 e. The molecule has 0 spiro atoms. The molecule has 1 N–H and O–H groups in total. The van der Waals surface area contributed by atoms with E-state index in [0.717, 1.165) is 6.54 Å². The van der Waals surface area contributed by atoms with Gasteiger partial charge in [-0.2, -0.15) is 0 Å². The Morgan fingerprint density at radius 1 is 1.22 bits per heavy atom. The summed E-state index contributed by atoms with van der Waals surface area (Å²) >= 11 is 0. The van der Waals surface area contributed by atoms with E-state index >= 15 is 0 Å². The molecule has 1 heteroatoms. The average Bonchev–Trinajstić information content (AvgIpc) is 1.59. The van der Waals surface area contributed by atoms with Crippen LogP contribution < -0.4 is 5.32 Å². The molecule has 0 saturated heterocycles. The van der Waals surface area contributed by atoms with Crippen molar-refractivity contribution in [2.75, 3.05) is 13.6 Å². The molecule has 0 amide bonds. The fraction of sp³-hybridized carbons (Fsp3) is 1.00. The Balaban J connectivity index is 0. The quantitative estimate of drug-likeness (QED) is 0.606. The number of nitrogens with one attached hydrogen (secondary N) is 1. The second-order valence-corrected chi connectivity index (χ2v) is 3.41. The van der Waals surface area contributed by atoms with E-state index in [2.05, 4.69) is 26.1 Å². The first kappa shape index (κ1) is 11.7. The molecule has 0 aliphatic carbocycles. The topological polar surface area (TPSA) is 12.0 Å². The van der Waals surface area contributed by atoms with Gasteiger partial charge in [-0.15, -0.1) is 0 Å². The van der Waals surface area contributed by atoms with Gasteiger partial charge in [0.1, 0.15) is 0 Å². The molecule has 0 radical (unpaired) electrons. The van der Waals surface area contributed by atoms with Gasteiger partial charge in [-0.05, 0) is 25.4 Å². The molecular weight excluding hydrogens is 110 g/mol. The molecule has 0 atom stereocenters. The molecule has 0 saturated carbocycles. The lowest BCUT2D eigenvalue weighted by molar-refractivity contribution is 0.373. The van der Waals surface area contributed by atoms with Crippen LogP contribution in [-0.2, 0) is 0 Å². The Kier molecular flexibility index (Phi) is 6.25. The highest BCUT2D eigenvalue weighted by molar-refractivity contribution is 4.61. The molecule has 0 unspecified atom stereocenters. The molecule has 9 heavy (non-hydrogen) atoms. The Bertz CT molecular complexity index is 52.1. The maximum atomic E-state index is 3.12. The zero-order valence-electron chi connectivity index (χ0n) is 6.41. The van der Waals surface area contributed by atoms with Crippen molar-refractivity contribution in [3.05, 3.63) is 0 Å². The summed E-state index contributed by atoms with van der Waals surface area (Å²) in [5.74, 6) is 0. The Hall–Kier alpha value is -0.0400. The van der Waals surface area contributed by atoms with Crippen molar-refractivity contribution >= 4 is 0 Å². The van der Waals surface area contributed by atoms with Crippen LogP contribution in [0, 0.1) is 5.41 Å². The van der Waals surface area contributed by atoms with Crippen molar-refractivity contribution in [1.29, 1.82) is 0 Å². The van der Waals surface area contributed by atoms with Gasteiger partial charge in [-0.1, -0.05) is 28.2 Å². The molecule has 0 fully saturated rings. The van der Waals surface area contributed by atoms with Gasteiger partial charge in [0, 0.05) is 0 Å². The van der Waals surface area contributed by atoms with E-state index < -0.39 is 0 Å². The summed E-state index contributed by atoms with van der Waals surface area (Å²) in [7, 11) is 1.99. The predicted molar refractivity (Wildman–Crippen MR) is 44.7 cm³/mol. The largest absolute Gasteiger partial charge is 0.320 e. The normalized spacial score (nSPS) is 10.7. The summed E-state index contributed by atoms with van der Waals surface area (Å²) < 4.78 is 0. The van der Waals surface area contributed by atoms with E-state index in [1.807, 2.05) is 7.05 Å². The van der Waals surface area contributed by atoms with Gasteiger partial charge in [0.15, 0.2) is 0 Å². The Morgan fingerprint density at radius 2 is 1.67 bits per heavy atom. The van der Waals surface area contributed by atoms with Gasteiger partial charge < -0.3 is 5.32 Å². The van der Waals surface area contributed by atoms with Crippen LogP contribution in [0.25, 0.3) is 0 Å². The number of hydrogen-bond donors (Lipinski definition) is 1. The summed E-state index contributed by atoms with van der Waals surface area (Å²) in [6.07, 6.45) is 1.25. The first-order valence-corrected chi connectivity index (χ1v) is 3.21. The molecule has 0 heterocycles. The Morgan fingerprint density at radius 3 is 1.78 bits per heavy atom. The van der Waals surface area contributed by atoms with Gasteiger partial charge in [-0.25, -0.2) is 0 Å². The summed E-state index contributed by atoms with van der Waals surface area (Å²) in [6.45, 7) is 7.89. The third-order valence-corrected chi connectivity index (χ3v) is 1.12. The molecule has 58 valence electrons. The van der Waals surface area contributed by atoms with Crippen LogP contribution in [0.4, 0.5) is 0 Å². The molecule has 0 aliphatic heterocycles. The second kappa shape index (κ2) is 4.80. The van der Waals surface area contributed by atoms with Gasteiger partial charge in [0.2, 0.25) is 0 Å². The highest BCUT2D eigenvalue weighted by atomic mass is 14.8. The maximum Gasteiger partial charge on any atom is -0.00469 e. The first-order valence-electron chi connectivity index (χ1n) is 3.21. The molecule has 0 rings (SSSR count). The molecule has 0 aliphatic rings. The van der Waals surface area contributed by atoms with E-state index in [1.54, 1.807) is 0 Å². The monoisotopic (exact) mass is 131 g/mol. The van der Waals surface area contributed by atoms with E-state index in [4.69, 9.17) is 0 Å². The van der Waals surface area contributed by atoms with Crippen molar-refractivity contribution in [1.82, 2.24) is 5.32 Å². The summed E-state index contributed by atoms with van der Waals surface area (Å²) in [6, 6.07) is 0. The molecular formula is C8H21N. The molecule has 0 aromatic rings. The number of rotatable bonds is 2. The van der Waals surface area contributed by atoms with Crippen molar-refractivity contribution < 1.29 is 0 Å². The lowest BCUT2D eigenvalue weighted by atomic mass is 9.92. The standard InChI is InChI=1S/C7H17N.CH4/c1-7(2,3)5-6-8-4;/h8H,5-6H2,1-4H3;1H4. The van der Waals surface area contributed by atoms with Crippen molar-refractivity contribution in [2.24, 2.45) is 5.41 Å². The van der Waals surface area contributed by atoms with Crippen LogP contribution in [0.1, 0.15) is 34.6 Å². The lowest BCUT2D eigenvalue weighted by Crippen LogP contribution is -2.16. The average molecular weight is 131 g/mol. The molecule has 1 nitrogen and oxygen atoms in total. The van der Waals surface area contributed by atoms with Crippen LogP contribution in [0.5, 0.6) is 0 Å². The van der Waals surface area contributed by atoms with Gasteiger partial charge in [-0.3, -0.25) is 0 Å². The van der Waals surface area contributed by atoms with E-state index in [0.29, 0.717) is 5.41 Å². The van der Waals surface area contributed by atoms with E-state index in [9.17, 15) is 0 Å². The van der Waals surface area contributed by atoms with Crippen LogP contribution in [0.15, 0.2) is 0 Å². The fourth-order valence-electron chi connectivity index (χ4n) is 0.500. The van der Waals surface area contributed by atoms with Crippen LogP contribution in [0.3, 0.4) is 0 Å².